The number of carbonyl (C=O) groups excluding carboxylic acids is 1. The van der Waals surface area contributed by atoms with Crippen molar-refractivity contribution in [1.29, 1.82) is 0 Å². The number of rotatable bonds is 7. The molecular formula is C21H23F2N5O3S. The first-order chi connectivity index (χ1) is 15.2. The maximum atomic E-state index is 14.2. The quantitative estimate of drug-likeness (QED) is 0.464. The molecule has 1 atom stereocenters. The average molecular weight is 464 g/mol. The van der Waals surface area contributed by atoms with Crippen molar-refractivity contribution in [3.8, 4) is 0 Å². The Morgan fingerprint density at radius 3 is 2.88 bits per heavy atom. The minimum absolute atomic E-state index is 0.0214. The van der Waals surface area contributed by atoms with Crippen molar-refractivity contribution in [3.63, 3.8) is 0 Å². The lowest BCUT2D eigenvalue weighted by molar-refractivity contribution is -0.125. The number of anilines is 2. The molecule has 3 N–H and O–H groups in total. The smallest absolute Gasteiger partial charge is 0.223 e. The number of aryl methyl sites for hydroxylation is 1. The van der Waals surface area contributed by atoms with Gasteiger partial charge >= 0.3 is 0 Å². The van der Waals surface area contributed by atoms with Crippen molar-refractivity contribution in [3.05, 3.63) is 47.4 Å². The first-order valence-corrected chi connectivity index (χ1v) is 12.3. The normalized spacial score (nSPS) is 16.0. The van der Waals surface area contributed by atoms with E-state index in [1.54, 1.807) is 0 Å². The van der Waals surface area contributed by atoms with Gasteiger partial charge in [0, 0.05) is 24.4 Å². The molecule has 0 unspecified atom stereocenters. The molecule has 0 bridgehead atoms. The Bertz CT molecular complexity index is 1280. The summed E-state index contributed by atoms with van der Waals surface area (Å²) in [6.07, 6.45) is 4.54. The Labute approximate surface area is 183 Å². The summed E-state index contributed by atoms with van der Waals surface area (Å²) in [5, 5.41) is 6.30. The van der Waals surface area contributed by atoms with Crippen LogP contribution in [-0.2, 0) is 27.5 Å². The van der Waals surface area contributed by atoms with Gasteiger partial charge in [-0.25, -0.2) is 27.2 Å². The molecule has 0 fully saturated rings. The summed E-state index contributed by atoms with van der Waals surface area (Å²) in [6, 6.07) is 3.85. The summed E-state index contributed by atoms with van der Waals surface area (Å²) in [5.74, 6) is -2.06. The van der Waals surface area contributed by atoms with Gasteiger partial charge in [0.25, 0.3) is 0 Å². The van der Waals surface area contributed by atoms with Gasteiger partial charge in [-0.15, -0.1) is 0 Å². The van der Waals surface area contributed by atoms with Crippen molar-refractivity contribution in [2.45, 2.75) is 25.7 Å². The van der Waals surface area contributed by atoms with Gasteiger partial charge in [-0.3, -0.25) is 4.79 Å². The zero-order chi connectivity index (χ0) is 22.9. The third kappa shape index (κ3) is 4.72. The van der Waals surface area contributed by atoms with E-state index in [0.29, 0.717) is 42.5 Å². The number of carbonyl (C=O) groups is 1. The Hall–Kier alpha value is -3.08. The van der Waals surface area contributed by atoms with Gasteiger partial charge in [0.2, 0.25) is 5.91 Å². The van der Waals surface area contributed by atoms with Crippen LogP contribution in [0.4, 0.5) is 20.3 Å². The van der Waals surface area contributed by atoms with Crippen LogP contribution >= 0.6 is 0 Å². The van der Waals surface area contributed by atoms with E-state index in [9.17, 15) is 22.0 Å². The number of sulfone groups is 1. The largest absolute Gasteiger partial charge is 0.356 e. The highest BCUT2D eigenvalue weighted by Crippen LogP contribution is 2.35. The van der Waals surface area contributed by atoms with E-state index in [0.717, 1.165) is 23.6 Å². The summed E-state index contributed by atoms with van der Waals surface area (Å²) >= 11 is 0. The molecule has 0 saturated heterocycles. The topological polar surface area (TPSA) is 117 Å². The van der Waals surface area contributed by atoms with E-state index in [4.69, 9.17) is 0 Å². The highest BCUT2D eigenvalue weighted by atomic mass is 32.2. The molecule has 11 heteroatoms. The molecule has 1 aliphatic carbocycles. The van der Waals surface area contributed by atoms with Crippen LogP contribution in [0.5, 0.6) is 0 Å². The van der Waals surface area contributed by atoms with Crippen LogP contribution in [0, 0.1) is 17.6 Å². The molecule has 4 rings (SSSR count). The molecule has 0 aliphatic heterocycles. The number of amides is 1. The number of nitrogens with zero attached hydrogens (tertiary/aromatic N) is 2. The third-order valence-corrected chi connectivity index (χ3v) is 6.57. The Balaban J connectivity index is 1.54. The molecule has 0 saturated carbocycles. The van der Waals surface area contributed by atoms with E-state index in [1.807, 2.05) is 0 Å². The number of benzene rings is 1. The third-order valence-electron chi connectivity index (χ3n) is 5.54. The van der Waals surface area contributed by atoms with Crippen LogP contribution in [0.3, 0.4) is 0 Å². The fourth-order valence-electron chi connectivity index (χ4n) is 3.98. The lowest BCUT2D eigenvalue weighted by Crippen LogP contribution is -2.35. The summed E-state index contributed by atoms with van der Waals surface area (Å²) in [7, 11) is -3.07. The number of halogens is 2. The molecule has 0 radical (unpaired) electrons. The van der Waals surface area contributed by atoms with Crippen molar-refractivity contribution >= 4 is 38.3 Å². The first-order valence-electron chi connectivity index (χ1n) is 10.2. The molecule has 1 aromatic carbocycles. The van der Waals surface area contributed by atoms with Crippen LogP contribution in [0.15, 0.2) is 24.5 Å². The van der Waals surface area contributed by atoms with Gasteiger partial charge in [-0.1, -0.05) is 6.07 Å². The van der Waals surface area contributed by atoms with Gasteiger partial charge in [-0.05, 0) is 43.4 Å². The number of hydrogen-bond acceptors (Lipinski definition) is 6. The van der Waals surface area contributed by atoms with Crippen molar-refractivity contribution < 1.29 is 22.0 Å². The zero-order valence-corrected chi connectivity index (χ0v) is 18.2. The van der Waals surface area contributed by atoms with E-state index < -0.39 is 21.5 Å². The minimum Gasteiger partial charge on any atom is -0.356 e. The average Bonchev–Trinajstić information content (AvgIpc) is 3.12. The monoisotopic (exact) mass is 463 g/mol. The molecule has 0 spiro atoms. The Morgan fingerprint density at radius 2 is 2.09 bits per heavy atom. The molecule has 2 aromatic heterocycles. The van der Waals surface area contributed by atoms with E-state index in [-0.39, 0.29) is 29.8 Å². The molecular weight excluding hydrogens is 440 g/mol. The van der Waals surface area contributed by atoms with Crippen LogP contribution < -0.4 is 10.6 Å². The van der Waals surface area contributed by atoms with Gasteiger partial charge in [0.15, 0.2) is 11.6 Å². The Morgan fingerprint density at radius 1 is 1.28 bits per heavy atom. The van der Waals surface area contributed by atoms with Crippen molar-refractivity contribution in [2.75, 3.05) is 23.9 Å². The van der Waals surface area contributed by atoms with Gasteiger partial charge < -0.3 is 15.6 Å². The standard InChI is InChI=1S/C21H23F2N5O3S/c1-32(30,31)9-3-8-24-21(29)12-6-7-15-13(10-12)17-19(27-15)25-11-26-20(17)28-16-5-2-4-14(22)18(16)23/h2,4-5,11-12H,3,6-10H2,1H3,(H,24,29)(H2,25,26,27,28)/t12-/m0/s1. The number of hydrogen-bond donors (Lipinski definition) is 3. The van der Waals surface area contributed by atoms with Gasteiger partial charge in [-0.2, -0.15) is 0 Å². The molecule has 32 heavy (non-hydrogen) atoms. The lowest BCUT2D eigenvalue weighted by Gasteiger charge is -2.22. The molecule has 1 aliphatic rings. The molecule has 1 amide bonds. The molecule has 3 aromatic rings. The Kier molecular flexibility index (Phi) is 6.09. The number of aromatic nitrogens is 3. The highest BCUT2D eigenvalue weighted by molar-refractivity contribution is 7.90. The maximum Gasteiger partial charge on any atom is 0.223 e. The number of fused-ring (bicyclic) bond motifs is 3. The fraction of sp³-hybridized carbons (Fsp3) is 0.381. The SMILES string of the molecule is CS(=O)(=O)CCCNC(=O)[C@H]1CCc2[nH]c3ncnc(Nc4cccc(F)c4F)c3c2C1. The second kappa shape index (κ2) is 8.81. The van der Waals surface area contributed by atoms with E-state index in [1.165, 1.54) is 18.5 Å². The van der Waals surface area contributed by atoms with Crippen LogP contribution in [0.2, 0.25) is 0 Å². The molecule has 2 heterocycles. The number of H-pyrrole nitrogens is 1. The van der Waals surface area contributed by atoms with E-state index in [2.05, 4.69) is 25.6 Å². The zero-order valence-electron chi connectivity index (χ0n) is 17.4. The number of aromatic amines is 1. The number of nitrogens with one attached hydrogen (secondary N) is 3. The second-order valence-electron chi connectivity index (χ2n) is 7.97. The second-order valence-corrected chi connectivity index (χ2v) is 10.2. The summed E-state index contributed by atoms with van der Waals surface area (Å²) in [5.41, 5.74) is 2.31. The van der Waals surface area contributed by atoms with Crippen LogP contribution in [0.25, 0.3) is 11.0 Å². The summed E-state index contributed by atoms with van der Waals surface area (Å²) < 4.78 is 50.2. The summed E-state index contributed by atoms with van der Waals surface area (Å²) in [4.78, 5) is 24.3. The lowest BCUT2D eigenvalue weighted by atomic mass is 9.86. The fourth-order valence-corrected chi connectivity index (χ4v) is 4.65. The van der Waals surface area contributed by atoms with Crippen molar-refractivity contribution in [2.24, 2.45) is 5.92 Å². The van der Waals surface area contributed by atoms with E-state index >= 15 is 0 Å². The predicted octanol–water partition coefficient (Wildman–Crippen LogP) is 2.64. The minimum atomic E-state index is -3.07. The first kappa shape index (κ1) is 22.1. The predicted molar refractivity (Wildman–Crippen MR) is 116 cm³/mol. The van der Waals surface area contributed by atoms with Crippen LogP contribution in [-0.4, -0.2) is 47.8 Å². The molecule has 170 valence electrons. The van der Waals surface area contributed by atoms with Crippen molar-refractivity contribution in [1.82, 2.24) is 20.3 Å². The van der Waals surface area contributed by atoms with Gasteiger partial charge in [0.05, 0.1) is 16.8 Å². The maximum absolute atomic E-state index is 14.2. The van der Waals surface area contributed by atoms with Crippen LogP contribution in [0.1, 0.15) is 24.1 Å². The molecule has 8 nitrogen and oxygen atoms in total. The highest BCUT2D eigenvalue weighted by Gasteiger charge is 2.29. The summed E-state index contributed by atoms with van der Waals surface area (Å²) in [6.45, 7) is 0.290. The van der Waals surface area contributed by atoms with Gasteiger partial charge in [0.1, 0.15) is 27.6 Å².